The predicted molar refractivity (Wildman–Crippen MR) is 57.8 cm³/mol. The highest BCUT2D eigenvalue weighted by Gasteiger charge is 2.32. The van der Waals surface area contributed by atoms with Crippen molar-refractivity contribution < 1.29 is 14.6 Å². The van der Waals surface area contributed by atoms with Crippen LogP contribution in [0.4, 0.5) is 0 Å². The van der Waals surface area contributed by atoms with Gasteiger partial charge in [-0.3, -0.25) is 0 Å². The Hall–Kier alpha value is -1.06. The molecular formula is C11H13ClO3. The van der Waals surface area contributed by atoms with Crippen LogP contribution in [0.15, 0.2) is 24.3 Å². The fraction of sp³-hybridized carbons (Fsp3) is 0.364. The molecule has 1 unspecified atom stereocenters. The van der Waals surface area contributed by atoms with Gasteiger partial charge < -0.3 is 9.84 Å². The number of ether oxygens (including phenoxy) is 1. The lowest BCUT2D eigenvalue weighted by atomic mass is 9.97. The van der Waals surface area contributed by atoms with E-state index < -0.39 is 11.6 Å². The summed E-state index contributed by atoms with van der Waals surface area (Å²) >= 11 is 5.91. The molecule has 15 heavy (non-hydrogen) atoms. The largest absolute Gasteiger partial charge is 0.467 e. The van der Waals surface area contributed by atoms with Crippen molar-refractivity contribution in [1.29, 1.82) is 0 Å². The number of rotatable bonds is 3. The number of hydrogen-bond acceptors (Lipinski definition) is 3. The van der Waals surface area contributed by atoms with E-state index in [9.17, 15) is 9.90 Å². The van der Waals surface area contributed by atoms with Gasteiger partial charge >= 0.3 is 5.97 Å². The zero-order chi connectivity index (χ0) is 11.5. The summed E-state index contributed by atoms with van der Waals surface area (Å²) in [5, 5.41) is 10.4. The molecule has 1 aromatic carbocycles. The molecule has 0 aliphatic heterocycles. The fourth-order valence-corrected chi connectivity index (χ4v) is 1.51. The summed E-state index contributed by atoms with van der Waals surface area (Å²) in [5.41, 5.74) is -0.825. The summed E-state index contributed by atoms with van der Waals surface area (Å²) in [6, 6.07) is 7.07. The molecule has 82 valence electrons. The number of carbonyl (C=O) groups excluding carboxylic acids is 1. The second-order valence-corrected chi connectivity index (χ2v) is 3.94. The third-order valence-corrected chi connectivity index (χ3v) is 2.49. The quantitative estimate of drug-likeness (QED) is 0.803. The Bertz CT molecular complexity index is 361. The van der Waals surface area contributed by atoms with Crippen LogP contribution in [0.2, 0.25) is 5.02 Å². The number of esters is 1. The lowest BCUT2D eigenvalue weighted by Crippen LogP contribution is -2.38. The van der Waals surface area contributed by atoms with Crippen LogP contribution in [0.1, 0.15) is 12.5 Å². The van der Waals surface area contributed by atoms with Crippen LogP contribution < -0.4 is 0 Å². The zero-order valence-corrected chi connectivity index (χ0v) is 9.41. The van der Waals surface area contributed by atoms with Crippen molar-refractivity contribution in [1.82, 2.24) is 0 Å². The van der Waals surface area contributed by atoms with Gasteiger partial charge in [0.15, 0.2) is 5.60 Å². The Labute approximate surface area is 93.6 Å². The highest BCUT2D eigenvalue weighted by molar-refractivity contribution is 6.31. The molecule has 1 rings (SSSR count). The maximum atomic E-state index is 11.2. The van der Waals surface area contributed by atoms with E-state index in [0.29, 0.717) is 5.02 Å². The van der Waals surface area contributed by atoms with E-state index >= 15 is 0 Å². The smallest absolute Gasteiger partial charge is 0.337 e. The minimum atomic E-state index is -1.54. The molecule has 0 aliphatic carbocycles. The van der Waals surface area contributed by atoms with Gasteiger partial charge in [0.05, 0.1) is 7.11 Å². The minimum absolute atomic E-state index is 0.138. The number of aliphatic hydroxyl groups is 1. The van der Waals surface area contributed by atoms with Gasteiger partial charge in [-0.2, -0.15) is 0 Å². The number of halogens is 1. The van der Waals surface area contributed by atoms with Crippen molar-refractivity contribution in [2.45, 2.75) is 18.9 Å². The molecule has 0 aromatic heterocycles. The van der Waals surface area contributed by atoms with E-state index in [0.717, 1.165) is 5.56 Å². The van der Waals surface area contributed by atoms with Gasteiger partial charge in [-0.05, 0) is 18.6 Å². The molecule has 1 N–H and O–H groups in total. The van der Waals surface area contributed by atoms with Crippen molar-refractivity contribution >= 4 is 17.6 Å². The maximum absolute atomic E-state index is 11.2. The van der Waals surface area contributed by atoms with E-state index in [-0.39, 0.29) is 6.42 Å². The molecule has 0 amide bonds. The van der Waals surface area contributed by atoms with Crippen molar-refractivity contribution in [2.24, 2.45) is 0 Å². The monoisotopic (exact) mass is 228 g/mol. The SMILES string of the molecule is COC(=O)C(C)(O)Cc1ccccc1Cl. The van der Waals surface area contributed by atoms with E-state index in [2.05, 4.69) is 4.74 Å². The highest BCUT2D eigenvalue weighted by atomic mass is 35.5. The number of benzene rings is 1. The van der Waals surface area contributed by atoms with Gasteiger partial charge in [0.25, 0.3) is 0 Å². The zero-order valence-electron chi connectivity index (χ0n) is 8.66. The first kappa shape index (κ1) is 12.0. The van der Waals surface area contributed by atoms with Gasteiger partial charge in [0.2, 0.25) is 0 Å². The van der Waals surface area contributed by atoms with E-state index in [4.69, 9.17) is 11.6 Å². The van der Waals surface area contributed by atoms with Crippen LogP contribution in [-0.4, -0.2) is 23.8 Å². The van der Waals surface area contributed by atoms with E-state index in [1.807, 2.05) is 0 Å². The van der Waals surface area contributed by atoms with Crippen LogP contribution in [0, 0.1) is 0 Å². The number of hydrogen-bond donors (Lipinski definition) is 1. The summed E-state index contributed by atoms with van der Waals surface area (Å²) in [7, 11) is 1.24. The first-order chi connectivity index (χ1) is 6.97. The normalized spacial score (nSPS) is 14.4. The molecule has 0 heterocycles. The van der Waals surface area contributed by atoms with Crippen LogP contribution in [-0.2, 0) is 16.0 Å². The molecule has 0 radical (unpaired) electrons. The average molecular weight is 229 g/mol. The molecule has 0 spiro atoms. The van der Waals surface area contributed by atoms with E-state index in [1.54, 1.807) is 24.3 Å². The lowest BCUT2D eigenvalue weighted by Gasteiger charge is -2.20. The average Bonchev–Trinajstić information content (AvgIpc) is 2.20. The first-order valence-corrected chi connectivity index (χ1v) is 4.89. The van der Waals surface area contributed by atoms with Crippen LogP contribution >= 0.6 is 11.6 Å². The van der Waals surface area contributed by atoms with Crippen molar-refractivity contribution in [3.63, 3.8) is 0 Å². The van der Waals surface area contributed by atoms with Gasteiger partial charge in [0, 0.05) is 11.4 Å². The first-order valence-electron chi connectivity index (χ1n) is 4.51. The molecule has 3 nitrogen and oxygen atoms in total. The topological polar surface area (TPSA) is 46.5 Å². The second-order valence-electron chi connectivity index (χ2n) is 3.53. The summed E-state index contributed by atoms with van der Waals surface area (Å²) in [4.78, 5) is 11.2. The highest BCUT2D eigenvalue weighted by Crippen LogP contribution is 2.21. The van der Waals surface area contributed by atoms with Gasteiger partial charge in [0.1, 0.15) is 0 Å². The number of carbonyl (C=O) groups is 1. The molecular weight excluding hydrogens is 216 g/mol. The van der Waals surface area contributed by atoms with Crippen molar-refractivity contribution in [3.05, 3.63) is 34.9 Å². The number of methoxy groups -OCH3 is 1. The molecule has 0 fully saturated rings. The molecule has 0 bridgehead atoms. The van der Waals surface area contributed by atoms with E-state index in [1.165, 1.54) is 14.0 Å². The summed E-state index contributed by atoms with van der Waals surface area (Å²) in [6.45, 7) is 1.40. The Morgan fingerprint density at radius 3 is 2.67 bits per heavy atom. The van der Waals surface area contributed by atoms with Gasteiger partial charge in [-0.25, -0.2) is 4.79 Å². The van der Waals surface area contributed by atoms with Crippen LogP contribution in [0.3, 0.4) is 0 Å². The molecule has 1 atom stereocenters. The summed E-state index contributed by atoms with van der Waals surface area (Å²) < 4.78 is 4.50. The fourth-order valence-electron chi connectivity index (χ4n) is 1.30. The second kappa shape index (κ2) is 4.64. The Morgan fingerprint density at radius 1 is 1.53 bits per heavy atom. The summed E-state index contributed by atoms with van der Waals surface area (Å²) in [5.74, 6) is -0.664. The Kier molecular flexibility index (Phi) is 3.72. The van der Waals surface area contributed by atoms with Crippen LogP contribution in [0.25, 0.3) is 0 Å². The standard InChI is InChI=1S/C11H13ClO3/c1-11(14,10(13)15-2)7-8-5-3-4-6-9(8)12/h3-6,14H,7H2,1-2H3. The third-order valence-electron chi connectivity index (χ3n) is 2.12. The predicted octanol–water partition coefficient (Wildman–Crippen LogP) is 1.81. The van der Waals surface area contributed by atoms with Gasteiger partial charge in [-0.15, -0.1) is 0 Å². The minimum Gasteiger partial charge on any atom is -0.467 e. The molecule has 4 heteroatoms. The molecule has 0 saturated carbocycles. The van der Waals surface area contributed by atoms with Gasteiger partial charge in [-0.1, -0.05) is 29.8 Å². The summed E-state index contributed by atoms with van der Waals surface area (Å²) in [6.07, 6.45) is 0.138. The maximum Gasteiger partial charge on any atom is 0.337 e. The van der Waals surface area contributed by atoms with Crippen molar-refractivity contribution in [3.8, 4) is 0 Å². The Balaban J connectivity index is 2.86. The third kappa shape index (κ3) is 2.94. The van der Waals surface area contributed by atoms with Crippen LogP contribution in [0.5, 0.6) is 0 Å². The Morgan fingerprint density at radius 2 is 2.13 bits per heavy atom. The lowest BCUT2D eigenvalue weighted by molar-refractivity contribution is -0.160. The van der Waals surface area contributed by atoms with Crippen molar-refractivity contribution in [2.75, 3.05) is 7.11 Å². The molecule has 0 aliphatic rings. The molecule has 1 aromatic rings. The molecule has 0 saturated heterocycles.